The van der Waals surface area contributed by atoms with E-state index in [0.717, 1.165) is 43.3 Å². The summed E-state index contributed by atoms with van der Waals surface area (Å²) < 4.78 is 16.2. The molecule has 3 nitrogen and oxygen atoms in total. The topological polar surface area (TPSA) is 31.6 Å². The van der Waals surface area contributed by atoms with Crippen LogP contribution < -0.4 is 0 Å². The molecular formula is C11H16O3S. The first-order valence-electron chi connectivity index (χ1n) is 5.28. The lowest BCUT2D eigenvalue weighted by Crippen LogP contribution is -2.25. The monoisotopic (exact) mass is 228 g/mol. The molecule has 2 rings (SSSR count). The summed E-state index contributed by atoms with van der Waals surface area (Å²) in [4.78, 5) is 0. The number of ether oxygens (including phenoxy) is 2. The highest BCUT2D eigenvalue weighted by Crippen LogP contribution is 2.16. The zero-order chi connectivity index (χ0) is 10.3. The fourth-order valence-corrected chi connectivity index (χ4v) is 2.32. The van der Waals surface area contributed by atoms with E-state index in [2.05, 4.69) is 0 Å². The molecule has 4 heteroatoms. The number of furan rings is 1. The van der Waals surface area contributed by atoms with Gasteiger partial charge in [-0.3, -0.25) is 0 Å². The third-order valence-electron chi connectivity index (χ3n) is 2.22. The van der Waals surface area contributed by atoms with Gasteiger partial charge in [-0.25, -0.2) is 0 Å². The molecule has 1 fully saturated rings. The van der Waals surface area contributed by atoms with Gasteiger partial charge in [0.1, 0.15) is 5.76 Å². The summed E-state index contributed by atoms with van der Waals surface area (Å²) in [5.41, 5.74) is 0. The van der Waals surface area contributed by atoms with Gasteiger partial charge in [-0.2, -0.15) is 11.8 Å². The summed E-state index contributed by atoms with van der Waals surface area (Å²) >= 11 is 1.85. The summed E-state index contributed by atoms with van der Waals surface area (Å²) in [5.74, 6) is 3.01. The molecule has 2 heterocycles. The van der Waals surface area contributed by atoms with Crippen molar-refractivity contribution in [1.82, 2.24) is 0 Å². The van der Waals surface area contributed by atoms with Crippen molar-refractivity contribution in [3.05, 3.63) is 24.2 Å². The van der Waals surface area contributed by atoms with Gasteiger partial charge in [0.25, 0.3) is 0 Å². The first kappa shape index (κ1) is 11.0. The SMILES string of the molecule is c1coc(CSCCC2OCCCO2)c1. The molecule has 1 aliphatic heterocycles. The third kappa shape index (κ3) is 3.89. The van der Waals surface area contributed by atoms with E-state index in [9.17, 15) is 0 Å². The highest BCUT2D eigenvalue weighted by atomic mass is 32.2. The Morgan fingerprint density at radius 2 is 2.20 bits per heavy atom. The van der Waals surface area contributed by atoms with Gasteiger partial charge < -0.3 is 13.9 Å². The highest BCUT2D eigenvalue weighted by molar-refractivity contribution is 7.98. The van der Waals surface area contributed by atoms with E-state index in [-0.39, 0.29) is 6.29 Å². The molecule has 0 N–H and O–H groups in total. The Balaban J connectivity index is 1.54. The van der Waals surface area contributed by atoms with E-state index in [0.29, 0.717) is 0 Å². The van der Waals surface area contributed by atoms with Gasteiger partial charge in [-0.1, -0.05) is 0 Å². The van der Waals surface area contributed by atoms with Crippen LogP contribution in [0.4, 0.5) is 0 Å². The van der Waals surface area contributed by atoms with Crippen molar-refractivity contribution in [2.75, 3.05) is 19.0 Å². The van der Waals surface area contributed by atoms with Gasteiger partial charge in [0, 0.05) is 6.42 Å². The minimum absolute atomic E-state index is 0.0165. The second kappa shape index (κ2) is 6.20. The van der Waals surface area contributed by atoms with E-state index in [4.69, 9.17) is 13.9 Å². The molecule has 15 heavy (non-hydrogen) atoms. The normalized spacial score (nSPS) is 18.1. The standard InChI is InChI=1S/C11H16O3S/c1-3-10(12-5-1)9-15-8-4-11-13-6-2-7-14-11/h1,3,5,11H,2,4,6-9H2. The Morgan fingerprint density at radius 3 is 2.93 bits per heavy atom. The van der Waals surface area contributed by atoms with Crippen LogP contribution in [0.3, 0.4) is 0 Å². The van der Waals surface area contributed by atoms with Gasteiger partial charge in [0.15, 0.2) is 6.29 Å². The minimum atomic E-state index is 0.0165. The molecule has 0 bridgehead atoms. The van der Waals surface area contributed by atoms with E-state index in [1.165, 1.54) is 0 Å². The smallest absolute Gasteiger partial charge is 0.158 e. The maximum absolute atomic E-state index is 5.46. The van der Waals surface area contributed by atoms with E-state index >= 15 is 0 Å². The molecule has 84 valence electrons. The molecule has 1 aromatic heterocycles. The molecule has 0 saturated carbocycles. The molecule has 0 atom stereocenters. The fraction of sp³-hybridized carbons (Fsp3) is 0.636. The number of hydrogen-bond acceptors (Lipinski definition) is 4. The number of hydrogen-bond donors (Lipinski definition) is 0. The summed E-state index contributed by atoms with van der Waals surface area (Å²) in [7, 11) is 0. The zero-order valence-corrected chi connectivity index (χ0v) is 9.50. The van der Waals surface area contributed by atoms with Crippen molar-refractivity contribution in [3.8, 4) is 0 Å². The number of rotatable bonds is 5. The van der Waals surface area contributed by atoms with Gasteiger partial charge in [-0.15, -0.1) is 0 Å². The quantitative estimate of drug-likeness (QED) is 0.725. The lowest BCUT2D eigenvalue weighted by Gasteiger charge is -2.22. The van der Waals surface area contributed by atoms with Crippen molar-refractivity contribution < 1.29 is 13.9 Å². The molecule has 0 radical (unpaired) electrons. The molecule has 1 saturated heterocycles. The van der Waals surface area contributed by atoms with Crippen LogP contribution in [-0.2, 0) is 15.2 Å². The maximum Gasteiger partial charge on any atom is 0.158 e. The molecule has 0 amide bonds. The largest absolute Gasteiger partial charge is 0.468 e. The van der Waals surface area contributed by atoms with Crippen LogP contribution >= 0.6 is 11.8 Å². The maximum atomic E-state index is 5.46. The second-order valence-corrected chi connectivity index (χ2v) is 4.55. The van der Waals surface area contributed by atoms with Crippen LogP contribution in [0.2, 0.25) is 0 Å². The second-order valence-electron chi connectivity index (χ2n) is 3.45. The van der Waals surface area contributed by atoms with Crippen LogP contribution in [0, 0.1) is 0 Å². The third-order valence-corrected chi connectivity index (χ3v) is 3.23. The Labute approximate surface area is 94.1 Å². The van der Waals surface area contributed by atoms with Crippen molar-refractivity contribution in [3.63, 3.8) is 0 Å². The molecule has 0 aliphatic carbocycles. The van der Waals surface area contributed by atoms with Crippen LogP contribution in [-0.4, -0.2) is 25.3 Å². The predicted molar refractivity (Wildman–Crippen MR) is 59.8 cm³/mol. The molecule has 1 aromatic rings. The Morgan fingerprint density at radius 1 is 1.33 bits per heavy atom. The number of thioether (sulfide) groups is 1. The summed E-state index contributed by atoms with van der Waals surface area (Å²) in [5, 5.41) is 0. The molecule has 0 aromatic carbocycles. The Hall–Kier alpha value is -0.450. The molecule has 1 aliphatic rings. The Bertz CT molecular complexity index is 255. The first-order chi connectivity index (χ1) is 7.45. The van der Waals surface area contributed by atoms with Crippen LogP contribution in [0.5, 0.6) is 0 Å². The predicted octanol–water partition coefficient (Wildman–Crippen LogP) is 2.67. The molecule has 0 spiro atoms. The van der Waals surface area contributed by atoms with Crippen molar-refractivity contribution >= 4 is 11.8 Å². The van der Waals surface area contributed by atoms with Crippen molar-refractivity contribution in [2.24, 2.45) is 0 Å². The van der Waals surface area contributed by atoms with Crippen LogP contribution in [0.15, 0.2) is 22.8 Å². The zero-order valence-electron chi connectivity index (χ0n) is 8.69. The van der Waals surface area contributed by atoms with Crippen molar-refractivity contribution in [2.45, 2.75) is 24.9 Å². The van der Waals surface area contributed by atoms with Crippen LogP contribution in [0.25, 0.3) is 0 Å². The lowest BCUT2D eigenvalue weighted by atomic mass is 10.4. The van der Waals surface area contributed by atoms with Gasteiger partial charge in [0.2, 0.25) is 0 Å². The highest BCUT2D eigenvalue weighted by Gasteiger charge is 2.13. The van der Waals surface area contributed by atoms with Crippen LogP contribution in [0.1, 0.15) is 18.6 Å². The van der Waals surface area contributed by atoms with E-state index in [1.807, 2.05) is 23.9 Å². The average molecular weight is 228 g/mol. The summed E-state index contributed by atoms with van der Waals surface area (Å²) in [6.07, 6.45) is 3.72. The summed E-state index contributed by atoms with van der Waals surface area (Å²) in [6, 6.07) is 3.92. The van der Waals surface area contributed by atoms with Gasteiger partial charge in [-0.05, 0) is 24.3 Å². The first-order valence-corrected chi connectivity index (χ1v) is 6.44. The average Bonchev–Trinajstić information content (AvgIpc) is 2.79. The summed E-state index contributed by atoms with van der Waals surface area (Å²) in [6.45, 7) is 1.68. The fourth-order valence-electron chi connectivity index (χ4n) is 1.45. The molecule has 0 unspecified atom stereocenters. The minimum Gasteiger partial charge on any atom is -0.468 e. The Kier molecular flexibility index (Phi) is 4.57. The van der Waals surface area contributed by atoms with Gasteiger partial charge in [0.05, 0.1) is 25.2 Å². The van der Waals surface area contributed by atoms with Gasteiger partial charge >= 0.3 is 0 Å². The lowest BCUT2D eigenvalue weighted by molar-refractivity contribution is -0.178. The van der Waals surface area contributed by atoms with E-state index < -0.39 is 0 Å². The van der Waals surface area contributed by atoms with Crippen molar-refractivity contribution in [1.29, 1.82) is 0 Å². The van der Waals surface area contributed by atoms with E-state index in [1.54, 1.807) is 6.26 Å². The molecular weight excluding hydrogens is 212 g/mol.